The molecule has 8 nitrogen and oxygen atoms in total. The molecule has 0 fully saturated rings. The average molecular weight is 1260 g/mol. The van der Waals surface area contributed by atoms with Gasteiger partial charge in [0.1, 0.15) is 0 Å². The molecule has 14 aromatic carbocycles. The molecule has 0 aliphatic carbocycles. The number of aromatic nitrogens is 6. The number of rotatable bonds is 7. The number of para-hydroxylation sites is 8. The molecule has 0 atom stereocenters. The first-order valence-corrected chi connectivity index (χ1v) is 32.5. The second kappa shape index (κ2) is 20.6. The van der Waals surface area contributed by atoms with E-state index in [4.69, 9.17) is 0 Å². The number of hydrogen-bond donors (Lipinski definition) is 0. The molecule has 0 radical (unpaired) electrons. The molecule has 6 heterocycles. The standard InChI is InChI=1S/C87H49F3N8/c88-87(89,90)71-27-17-18-52(50-91)86(71)66-49-85(98-82-42-38-56(95-76-32-13-5-23-62(76)63-24-6-14-33-77(63)95)47-69(82)70-48-57(39-43-83(70)98)96-78-34-15-7-25-64(78)65-26-8-16-35-79(65)96)84(44-53(66)51-92)97-80-40-36-54(93-72-28-9-1-19-58(72)59-20-2-10-29-73(59)93)45-67(80)68-46-55(37-41-81(68)97)94-74-30-11-3-21-60(74)61-22-4-12-31-75(61)94/h1-49H. The molecule has 98 heavy (non-hydrogen) atoms. The summed E-state index contributed by atoms with van der Waals surface area (Å²) in [5, 5.41) is 35.0. The molecular formula is C87H49F3N8. The van der Waals surface area contributed by atoms with Gasteiger partial charge in [-0.25, -0.2) is 0 Å². The second-order valence-corrected chi connectivity index (χ2v) is 25.3. The van der Waals surface area contributed by atoms with Gasteiger partial charge >= 0.3 is 6.18 Å². The third-order valence-electron chi connectivity index (χ3n) is 20.3. The SMILES string of the molecule is N#Cc1cc(-n2c3ccc(-n4c5ccccc5c5ccccc54)cc3c3cc(-n4c5ccccc5c5ccccc54)ccc32)c(-n2c3ccc(-n4c5ccccc5c5ccccc54)cc3c3cc(-n4c5ccccc5c5ccccc54)ccc32)cc1-c1c(C#N)cccc1C(F)(F)F. The van der Waals surface area contributed by atoms with E-state index in [-0.39, 0.29) is 22.3 Å². The van der Waals surface area contributed by atoms with Gasteiger partial charge in [-0.2, -0.15) is 23.7 Å². The summed E-state index contributed by atoms with van der Waals surface area (Å²) in [6.07, 6.45) is -4.90. The fraction of sp³-hybridized carbons (Fsp3) is 0.0115. The van der Waals surface area contributed by atoms with E-state index in [9.17, 15) is 10.5 Å². The van der Waals surface area contributed by atoms with Crippen LogP contribution in [0.25, 0.3) is 176 Å². The van der Waals surface area contributed by atoms with Crippen molar-refractivity contribution >= 4 is 131 Å². The zero-order valence-electron chi connectivity index (χ0n) is 52.0. The minimum Gasteiger partial charge on any atom is -0.309 e. The number of nitrogens with zero attached hydrogens (tertiary/aromatic N) is 8. The van der Waals surface area contributed by atoms with Crippen LogP contribution in [0, 0.1) is 22.7 Å². The maximum Gasteiger partial charge on any atom is 0.417 e. The lowest BCUT2D eigenvalue weighted by atomic mass is 9.90. The molecule has 0 amide bonds. The van der Waals surface area contributed by atoms with Gasteiger partial charge in [-0.3, -0.25) is 0 Å². The highest BCUT2D eigenvalue weighted by atomic mass is 19.4. The molecule has 6 aromatic heterocycles. The van der Waals surface area contributed by atoms with E-state index in [0.717, 1.165) is 160 Å². The van der Waals surface area contributed by atoms with E-state index in [2.05, 4.69) is 306 Å². The molecule has 11 heteroatoms. The fourth-order valence-electron chi connectivity index (χ4n) is 16.3. The highest BCUT2D eigenvalue weighted by molar-refractivity contribution is 6.17. The van der Waals surface area contributed by atoms with Crippen LogP contribution in [0.5, 0.6) is 0 Å². The molecule has 0 aliphatic rings. The van der Waals surface area contributed by atoms with Crippen molar-refractivity contribution in [2.75, 3.05) is 0 Å². The highest BCUT2D eigenvalue weighted by Crippen LogP contribution is 2.48. The zero-order chi connectivity index (χ0) is 65.2. The smallest absolute Gasteiger partial charge is 0.309 e. The number of fused-ring (bicyclic) bond motifs is 18. The third kappa shape index (κ3) is 7.75. The second-order valence-electron chi connectivity index (χ2n) is 25.3. The van der Waals surface area contributed by atoms with Crippen LogP contribution in [-0.2, 0) is 6.18 Å². The Morgan fingerprint density at radius 2 is 0.490 bits per heavy atom. The summed E-state index contributed by atoms with van der Waals surface area (Å²) in [4.78, 5) is 0. The zero-order valence-corrected chi connectivity index (χ0v) is 52.0. The minimum absolute atomic E-state index is 0.0300. The molecule has 0 aliphatic heterocycles. The highest BCUT2D eigenvalue weighted by Gasteiger charge is 2.36. The van der Waals surface area contributed by atoms with Crippen LogP contribution in [0.4, 0.5) is 13.2 Å². The Morgan fingerprint density at radius 1 is 0.235 bits per heavy atom. The van der Waals surface area contributed by atoms with E-state index >= 15 is 13.2 Å². The molecule has 0 unspecified atom stereocenters. The number of alkyl halides is 3. The summed E-state index contributed by atoms with van der Waals surface area (Å²) in [6.45, 7) is 0. The van der Waals surface area contributed by atoms with Crippen molar-refractivity contribution in [3.8, 4) is 57.4 Å². The monoisotopic (exact) mass is 1260 g/mol. The Balaban J connectivity index is 0.934. The quantitative estimate of drug-likeness (QED) is 0.159. The molecule has 0 N–H and O–H groups in total. The summed E-state index contributed by atoms with van der Waals surface area (Å²) in [5.74, 6) is 0. The summed E-state index contributed by atoms with van der Waals surface area (Å²) in [7, 11) is 0. The molecule has 0 spiro atoms. The topological polar surface area (TPSA) is 77.2 Å². The van der Waals surface area contributed by atoms with E-state index in [0.29, 0.717) is 11.4 Å². The molecular weight excluding hydrogens is 1210 g/mol. The van der Waals surface area contributed by atoms with Crippen LogP contribution < -0.4 is 0 Å². The van der Waals surface area contributed by atoms with Crippen LogP contribution in [0.2, 0.25) is 0 Å². The van der Waals surface area contributed by atoms with Crippen LogP contribution in [-0.4, -0.2) is 27.4 Å². The first kappa shape index (κ1) is 55.1. The maximum atomic E-state index is 15.8. The lowest BCUT2D eigenvalue weighted by Gasteiger charge is -2.21. The van der Waals surface area contributed by atoms with Crippen LogP contribution in [0.15, 0.2) is 297 Å². The summed E-state index contributed by atoms with van der Waals surface area (Å²) in [5.41, 5.74) is 14.4. The van der Waals surface area contributed by atoms with E-state index < -0.39 is 11.7 Å². The van der Waals surface area contributed by atoms with Gasteiger partial charge in [-0.15, -0.1) is 0 Å². The van der Waals surface area contributed by atoms with Crippen molar-refractivity contribution in [2.45, 2.75) is 6.18 Å². The largest absolute Gasteiger partial charge is 0.417 e. The number of nitriles is 2. The molecule has 20 rings (SSSR count). The first-order chi connectivity index (χ1) is 48.2. The van der Waals surface area contributed by atoms with Crippen molar-refractivity contribution in [1.82, 2.24) is 27.4 Å². The van der Waals surface area contributed by atoms with Crippen LogP contribution in [0.3, 0.4) is 0 Å². The van der Waals surface area contributed by atoms with Crippen molar-refractivity contribution in [1.29, 1.82) is 10.5 Å². The summed E-state index contributed by atoms with van der Waals surface area (Å²) < 4.78 is 61.0. The molecule has 458 valence electrons. The van der Waals surface area contributed by atoms with Gasteiger partial charge < -0.3 is 27.4 Å². The number of halogens is 3. The predicted octanol–water partition coefficient (Wildman–Crippen LogP) is 22.7. The molecule has 0 bridgehead atoms. The van der Waals surface area contributed by atoms with E-state index in [1.54, 1.807) is 12.1 Å². The lowest BCUT2D eigenvalue weighted by molar-refractivity contribution is -0.137. The first-order valence-electron chi connectivity index (χ1n) is 32.5. The predicted molar refractivity (Wildman–Crippen MR) is 392 cm³/mol. The van der Waals surface area contributed by atoms with Gasteiger partial charge in [0.2, 0.25) is 0 Å². The Kier molecular flexibility index (Phi) is 11.6. The van der Waals surface area contributed by atoms with Gasteiger partial charge in [0, 0.05) is 98.5 Å². The maximum absolute atomic E-state index is 15.8. The van der Waals surface area contributed by atoms with Crippen molar-refractivity contribution < 1.29 is 13.2 Å². The van der Waals surface area contributed by atoms with Crippen LogP contribution >= 0.6 is 0 Å². The van der Waals surface area contributed by atoms with Gasteiger partial charge in [0.25, 0.3) is 0 Å². The van der Waals surface area contributed by atoms with Gasteiger partial charge in [-0.1, -0.05) is 152 Å². The van der Waals surface area contributed by atoms with Crippen molar-refractivity contribution in [2.24, 2.45) is 0 Å². The normalized spacial score (nSPS) is 12.2. The Bertz CT molecular complexity index is 6410. The number of benzene rings is 14. The Hall–Kier alpha value is -13.4. The average Bonchev–Trinajstić information content (AvgIpc) is 1.54. The summed E-state index contributed by atoms with van der Waals surface area (Å²) >= 11 is 0. The van der Waals surface area contributed by atoms with E-state index in [1.807, 2.05) is 0 Å². The molecule has 20 aromatic rings. The lowest BCUT2D eigenvalue weighted by Crippen LogP contribution is -2.10. The molecule has 0 saturated carbocycles. The van der Waals surface area contributed by atoms with Crippen molar-refractivity contribution in [3.05, 3.63) is 314 Å². The molecule has 0 saturated heterocycles. The number of hydrogen-bond acceptors (Lipinski definition) is 2. The summed E-state index contributed by atoms with van der Waals surface area (Å²) in [6, 6.07) is 105. The van der Waals surface area contributed by atoms with Gasteiger partial charge in [0.15, 0.2) is 0 Å². The van der Waals surface area contributed by atoms with E-state index in [1.165, 1.54) is 12.1 Å². The van der Waals surface area contributed by atoms with Crippen LogP contribution in [0.1, 0.15) is 16.7 Å². The van der Waals surface area contributed by atoms with Gasteiger partial charge in [0.05, 0.1) is 106 Å². The minimum atomic E-state index is -4.90. The van der Waals surface area contributed by atoms with Crippen molar-refractivity contribution in [3.63, 3.8) is 0 Å². The Labute approximate surface area is 556 Å². The fourth-order valence-corrected chi connectivity index (χ4v) is 16.3. The van der Waals surface area contributed by atoms with Gasteiger partial charge in [-0.05, 0) is 146 Å². The third-order valence-corrected chi connectivity index (χ3v) is 20.3. The Morgan fingerprint density at radius 3 is 0.755 bits per heavy atom.